The van der Waals surface area contributed by atoms with Gasteiger partial charge in [0.15, 0.2) is 0 Å². The summed E-state index contributed by atoms with van der Waals surface area (Å²) in [5.74, 6) is 0.0959. The highest BCUT2D eigenvalue weighted by molar-refractivity contribution is 6.30. The number of anilines is 1. The molecule has 0 unspecified atom stereocenters. The number of hydrogen-bond acceptors (Lipinski definition) is 2. The second kappa shape index (κ2) is 4.65. The number of pyridine rings is 1. The predicted octanol–water partition coefficient (Wildman–Crippen LogP) is 3.56. The van der Waals surface area contributed by atoms with Gasteiger partial charge in [-0.2, -0.15) is 0 Å². The van der Waals surface area contributed by atoms with Crippen LogP contribution in [0.25, 0.3) is 0 Å². The van der Waals surface area contributed by atoms with Crippen molar-refractivity contribution in [1.29, 1.82) is 0 Å². The molecule has 1 aromatic heterocycles. The number of carbonyl (C=O) groups excluding carboxylic acids is 1. The minimum absolute atomic E-state index is 0.0959. The second-order valence-corrected chi connectivity index (χ2v) is 5.41. The molecule has 0 aliphatic heterocycles. The first-order valence-corrected chi connectivity index (χ1v) is 6.33. The summed E-state index contributed by atoms with van der Waals surface area (Å²) in [5.41, 5.74) is 1.39. The lowest BCUT2D eigenvalue weighted by atomic mass is 9.88. The first-order chi connectivity index (χ1) is 8.01. The van der Waals surface area contributed by atoms with Gasteiger partial charge in [-0.15, -0.1) is 0 Å². The van der Waals surface area contributed by atoms with Gasteiger partial charge in [0.2, 0.25) is 5.91 Å². The molecular formula is C13H17ClN2O. The zero-order valence-electron chi connectivity index (χ0n) is 10.2. The Hall–Kier alpha value is -1.09. The highest BCUT2D eigenvalue weighted by atomic mass is 35.5. The second-order valence-electron chi connectivity index (χ2n) is 5.05. The first kappa shape index (κ1) is 12.4. The zero-order chi connectivity index (χ0) is 12.5. The third-order valence-electron chi connectivity index (χ3n) is 3.53. The fraction of sp³-hybridized carbons (Fsp3) is 0.538. The number of amides is 1. The summed E-state index contributed by atoms with van der Waals surface area (Å²) in [7, 11) is 0. The lowest BCUT2D eigenvalue weighted by Gasteiger charge is -2.22. The van der Waals surface area contributed by atoms with Gasteiger partial charge in [0.05, 0.1) is 11.9 Å². The molecule has 0 aromatic carbocycles. The van der Waals surface area contributed by atoms with Crippen LogP contribution in [0.4, 0.5) is 5.69 Å². The molecule has 1 heterocycles. The maximum absolute atomic E-state index is 12.2. The Kier molecular flexibility index (Phi) is 3.38. The normalized spacial score (nSPS) is 18.1. The van der Waals surface area contributed by atoms with E-state index in [9.17, 15) is 4.79 Å². The zero-order valence-corrected chi connectivity index (χ0v) is 11.0. The Morgan fingerprint density at radius 1 is 1.47 bits per heavy atom. The molecule has 1 aliphatic carbocycles. The van der Waals surface area contributed by atoms with Gasteiger partial charge in [-0.05, 0) is 31.4 Å². The van der Waals surface area contributed by atoms with E-state index in [4.69, 9.17) is 11.6 Å². The molecule has 1 fully saturated rings. The number of rotatable bonds is 2. The minimum Gasteiger partial charge on any atom is -0.324 e. The molecule has 92 valence electrons. The van der Waals surface area contributed by atoms with Gasteiger partial charge in [-0.25, -0.2) is 4.98 Å². The predicted molar refractivity (Wildman–Crippen MR) is 69.2 cm³/mol. The molecular weight excluding hydrogens is 236 g/mol. The van der Waals surface area contributed by atoms with Crippen molar-refractivity contribution in [3.8, 4) is 0 Å². The summed E-state index contributed by atoms with van der Waals surface area (Å²) in [4.78, 5) is 16.2. The Labute approximate surface area is 107 Å². The van der Waals surface area contributed by atoms with Gasteiger partial charge >= 0.3 is 0 Å². The molecule has 3 nitrogen and oxygen atoms in total. The van der Waals surface area contributed by atoms with Gasteiger partial charge in [0, 0.05) is 5.41 Å². The van der Waals surface area contributed by atoms with E-state index in [0.29, 0.717) is 5.15 Å². The molecule has 1 amide bonds. The van der Waals surface area contributed by atoms with Crippen molar-refractivity contribution in [2.45, 2.75) is 39.5 Å². The number of halogens is 1. The average Bonchev–Trinajstić information content (AvgIpc) is 2.72. The number of nitrogens with one attached hydrogen (secondary N) is 1. The molecule has 1 aliphatic rings. The molecule has 0 atom stereocenters. The monoisotopic (exact) mass is 252 g/mol. The van der Waals surface area contributed by atoms with Crippen LogP contribution in [-0.4, -0.2) is 10.9 Å². The summed E-state index contributed by atoms with van der Waals surface area (Å²) >= 11 is 5.85. The lowest BCUT2D eigenvalue weighted by Crippen LogP contribution is -2.30. The Morgan fingerprint density at radius 2 is 2.12 bits per heavy atom. The Morgan fingerprint density at radius 3 is 2.71 bits per heavy atom. The molecule has 0 radical (unpaired) electrons. The smallest absolute Gasteiger partial charge is 0.230 e. The summed E-state index contributed by atoms with van der Waals surface area (Å²) in [5, 5.41) is 3.41. The topological polar surface area (TPSA) is 42.0 Å². The molecule has 1 saturated carbocycles. The van der Waals surface area contributed by atoms with E-state index < -0.39 is 0 Å². The van der Waals surface area contributed by atoms with E-state index in [1.165, 1.54) is 0 Å². The Balaban J connectivity index is 2.10. The lowest BCUT2D eigenvalue weighted by molar-refractivity contribution is -0.124. The summed E-state index contributed by atoms with van der Waals surface area (Å²) in [6.45, 7) is 3.91. The van der Waals surface area contributed by atoms with Crippen molar-refractivity contribution in [3.63, 3.8) is 0 Å². The largest absolute Gasteiger partial charge is 0.324 e. The maximum Gasteiger partial charge on any atom is 0.230 e. The van der Waals surface area contributed by atoms with Crippen LogP contribution in [0.15, 0.2) is 12.3 Å². The summed E-state index contributed by atoms with van der Waals surface area (Å²) in [6, 6.07) is 1.85. The van der Waals surface area contributed by atoms with Crippen LogP contribution in [0.5, 0.6) is 0 Å². The fourth-order valence-corrected chi connectivity index (χ4v) is 2.39. The first-order valence-electron chi connectivity index (χ1n) is 5.95. The highest BCUT2D eigenvalue weighted by Crippen LogP contribution is 2.38. The van der Waals surface area contributed by atoms with Crippen LogP contribution >= 0.6 is 11.6 Å². The van der Waals surface area contributed by atoms with Gasteiger partial charge in [-0.1, -0.05) is 31.4 Å². The molecule has 0 spiro atoms. The molecule has 17 heavy (non-hydrogen) atoms. The van der Waals surface area contributed by atoms with E-state index in [1.54, 1.807) is 6.20 Å². The van der Waals surface area contributed by atoms with Crippen molar-refractivity contribution in [3.05, 3.63) is 23.0 Å². The van der Waals surface area contributed by atoms with E-state index in [-0.39, 0.29) is 11.3 Å². The molecule has 1 aromatic rings. The highest BCUT2D eigenvalue weighted by Gasteiger charge is 2.36. The van der Waals surface area contributed by atoms with Crippen molar-refractivity contribution in [2.75, 3.05) is 5.32 Å². The van der Waals surface area contributed by atoms with Crippen molar-refractivity contribution >= 4 is 23.2 Å². The summed E-state index contributed by atoms with van der Waals surface area (Å²) in [6.07, 6.45) is 5.83. The average molecular weight is 253 g/mol. The van der Waals surface area contributed by atoms with Crippen LogP contribution in [0, 0.1) is 12.3 Å². The van der Waals surface area contributed by atoms with Gasteiger partial charge in [0.25, 0.3) is 0 Å². The van der Waals surface area contributed by atoms with Gasteiger partial charge < -0.3 is 5.32 Å². The van der Waals surface area contributed by atoms with E-state index in [1.807, 2.05) is 19.9 Å². The quantitative estimate of drug-likeness (QED) is 0.818. The SMILES string of the molecule is Cc1cc(NC(=O)C2(C)CCCC2)cnc1Cl. The number of nitrogens with zero attached hydrogens (tertiary/aromatic N) is 1. The minimum atomic E-state index is -0.215. The van der Waals surface area contributed by atoms with Crippen molar-refractivity contribution in [2.24, 2.45) is 5.41 Å². The van der Waals surface area contributed by atoms with Gasteiger partial charge in [-0.3, -0.25) is 4.79 Å². The van der Waals surface area contributed by atoms with Gasteiger partial charge in [0.1, 0.15) is 5.15 Å². The molecule has 2 rings (SSSR count). The number of aryl methyl sites for hydroxylation is 1. The summed E-state index contributed by atoms with van der Waals surface area (Å²) < 4.78 is 0. The third-order valence-corrected chi connectivity index (χ3v) is 3.92. The van der Waals surface area contributed by atoms with Crippen LogP contribution < -0.4 is 5.32 Å². The van der Waals surface area contributed by atoms with Crippen molar-refractivity contribution < 1.29 is 4.79 Å². The number of aromatic nitrogens is 1. The number of hydrogen-bond donors (Lipinski definition) is 1. The third kappa shape index (κ3) is 2.60. The molecule has 4 heteroatoms. The Bertz CT molecular complexity index is 439. The fourth-order valence-electron chi connectivity index (χ4n) is 2.29. The van der Waals surface area contributed by atoms with Crippen LogP contribution in [-0.2, 0) is 4.79 Å². The standard InChI is InChI=1S/C13H17ClN2O/c1-9-7-10(8-15-11(9)14)16-12(17)13(2)5-3-4-6-13/h7-8H,3-6H2,1-2H3,(H,16,17). The molecule has 0 saturated heterocycles. The van der Waals surface area contributed by atoms with Crippen LogP contribution in [0.1, 0.15) is 38.2 Å². The maximum atomic E-state index is 12.2. The van der Waals surface area contributed by atoms with E-state index >= 15 is 0 Å². The van der Waals surface area contributed by atoms with Crippen molar-refractivity contribution in [1.82, 2.24) is 4.98 Å². The molecule has 0 bridgehead atoms. The number of carbonyl (C=O) groups is 1. The van der Waals surface area contributed by atoms with Crippen LogP contribution in [0.2, 0.25) is 5.15 Å². The molecule has 1 N–H and O–H groups in total. The van der Waals surface area contributed by atoms with E-state index in [0.717, 1.165) is 36.9 Å². The van der Waals surface area contributed by atoms with E-state index in [2.05, 4.69) is 10.3 Å². The van der Waals surface area contributed by atoms with Crippen LogP contribution in [0.3, 0.4) is 0 Å².